The normalized spacial score (nSPS) is 21.8. The molecule has 2 aromatic carbocycles. The molecule has 110 valence electrons. The van der Waals surface area contributed by atoms with E-state index in [2.05, 4.69) is 0 Å². The molecule has 4 heteroatoms. The number of aliphatic hydroxyl groups excluding tert-OH is 1. The van der Waals surface area contributed by atoms with E-state index in [0.29, 0.717) is 25.4 Å². The van der Waals surface area contributed by atoms with E-state index in [9.17, 15) is 5.11 Å². The van der Waals surface area contributed by atoms with Crippen LogP contribution < -0.4 is 9.47 Å². The standard InChI is InChI=1S/C17H18O4/c18-16-10-11-19-12-17(16)21-15-8-6-14(7-9-15)20-13-4-2-1-3-5-13/h1-9,16-18H,10-12H2. The quantitative estimate of drug-likeness (QED) is 0.938. The Labute approximate surface area is 123 Å². The van der Waals surface area contributed by atoms with Crippen LogP contribution in [0.15, 0.2) is 54.6 Å². The molecule has 3 rings (SSSR count). The van der Waals surface area contributed by atoms with Crippen LogP contribution in [0.25, 0.3) is 0 Å². The fraction of sp³-hybridized carbons (Fsp3) is 0.294. The molecule has 4 nitrogen and oxygen atoms in total. The molecule has 1 aliphatic heterocycles. The van der Waals surface area contributed by atoms with E-state index >= 15 is 0 Å². The Hall–Kier alpha value is -2.04. The Kier molecular flexibility index (Phi) is 4.38. The molecule has 1 fully saturated rings. The highest BCUT2D eigenvalue weighted by atomic mass is 16.5. The fourth-order valence-corrected chi connectivity index (χ4v) is 2.20. The first-order valence-corrected chi connectivity index (χ1v) is 7.07. The average Bonchev–Trinajstić information content (AvgIpc) is 2.52. The van der Waals surface area contributed by atoms with Crippen LogP contribution in [0.5, 0.6) is 17.2 Å². The lowest BCUT2D eigenvalue weighted by molar-refractivity contribution is -0.0735. The van der Waals surface area contributed by atoms with E-state index in [1.165, 1.54) is 0 Å². The van der Waals surface area contributed by atoms with E-state index in [1.807, 2.05) is 54.6 Å². The Morgan fingerprint density at radius 2 is 1.57 bits per heavy atom. The van der Waals surface area contributed by atoms with Crippen LogP contribution in [0.3, 0.4) is 0 Å². The van der Waals surface area contributed by atoms with Crippen molar-refractivity contribution in [3.8, 4) is 17.2 Å². The Morgan fingerprint density at radius 3 is 2.29 bits per heavy atom. The number of hydrogen-bond acceptors (Lipinski definition) is 4. The van der Waals surface area contributed by atoms with E-state index < -0.39 is 6.10 Å². The van der Waals surface area contributed by atoms with Crippen molar-refractivity contribution in [3.05, 3.63) is 54.6 Å². The summed E-state index contributed by atoms with van der Waals surface area (Å²) in [5.74, 6) is 2.24. The first-order chi connectivity index (χ1) is 10.3. The SMILES string of the molecule is OC1CCOCC1Oc1ccc(Oc2ccccc2)cc1. The van der Waals surface area contributed by atoms with Crippen molar-refractivity contribution in [2.75, 3.05) is 13.2 Å². The van der Waals surface area contributed by atoms with Crippen LogP contribution in [0.1, 0.15) is 6.42 Å². The topological polar surface area (TPSA) is 47.9 Å². The second-order valence-corrected chi connectivity index (χ2v) is 4.97. The van der Waals surface area contributed by atoms with Gasteiger partial charge in [-0.15, -0.1) is 0 Å². The maximum Gasteiger partial charge on any atom is 0.148 e. The van der Waals surface area contributed by atoms with Gasteiger partial charge in [0.25, 0.3) is 0 Å². The minimum Gasteiger partial charge on any atom is -0.485 e. The molecule has 0 bridgehead atoms. The highest BCUT2D eigenvalue weighted by Gasteiger charge is 2.25. The molecule has 0 aromatic heterocycles. The largest absolute Gasteiger partial charge is 0.485 e. The molecule has 1 aliphatic rings. The van der Waals surface area contributed by atoms with E-state index in [1.54, 1.807) is 0 Å². The minimum atomic E-state index is -0.473. The van der Waals surface area contributed by atoms with Gasteiger partial charge in [0, 0.05) is 13.0 Å². The van der Waals surface area contributed by atoms with Gasteiger partial charge in [-0.3, -0.25) is 0 Å². The molecule has 0 aliphatic carbocycles. The van der Waals surface area contributed by atoms with Gasteiger partial charge in [-0.2, -0.15) is 0 Å². The van der Waals surface area contributed by atoms with Crippen molar-refractivity contribution >= 4 is 0 Å². The maximum absolute atomic E-state index is 9.85. The summed E-state index contributed by atoms with van der Waals surface area (Å²) in [7, 11) is 0. The molecule has 1 saturated heterocycles. The van der Waals surface area contributed by atoms with Gasteiger partial charge < -0.3 is 19.3 Å². The van der Waals surface area contributed by atoms with Crippen LogP contribution >= 0.6 is 0 Å². The Bertz CT molecular complexity index is 553. The first-order valence-electron chi connectivity index (χ1n) is 7.07. The number of hydrogen-bond donors (Lipinski definition) is 1. The Balaban J connectivity index is 1.61. The summed E-state index contributed by atoms with van der Waals surface area (Å²) in [5.41, 5.74) is 0. The predicted octanol–water partition coefficient (Wildman–Crippen LogP) is 3.01. The molecule has 2 atom stereocenters. The number of benzene rings is 2. The van der Waals surface area contributed by atoms with Gasteiger partial charge in [-0.25, -0.2) is 0 Å². The van der Waals surface area contributed by atoms with Crippen molar-refractivity contribution in [2.45, 2.75) is 18.6 Å². The number of rotatable bonds is 4. The number of para-hydroxylation sites is 1. The first kappa shape index (κ1) is 13.9. The van der Waals surface area contributed by atoms with Crippen LogP contribution in [0.4, 0.5) is 0 Å². The van der Waals surface area contributed by atoms with Gasteiger partial charge in [0.15, 0.2) is 0 Å². The fourth-order valence-electron chi connectivity index (χ4n) is 2.20. The summed E-state index contributed by atoms with van der Waals surface area (Å²) < 4.78 is 16.8. The smallest absolute Gasteiger partial charge is 0.148 e. The summed E-state index contributed by atoms with van der Waals surface area (Å²) in [4.78, 5) is 0. The van der Waals surface area contributed by atoms with Gasteiger partial charge in [0.1, 0.15) is 23.4 Å². The van der Waals surface area contributed by atoms with Crippen LogP contribution in [-0.4, -0.2) is 30.5 Å². The van der Waals surface area contributed by atoms with Crippen LogP contribution in [-0.2, 0) is 4.74 Å². The van der Waals surface area contributed by atoms with E-state index in [-0.39, 0.29) is 6.10 Å². The monoisotopic (exact) mass is 286 g/mol. The van der Waals surface area contributed by atoms with Gasteiger partial charge in [-0.1, -0.05) is 18.2 Å². The maximum atomic E-state index is 9.85. The highest BCUT2D eigenvalue weighted by Crippen LogP contribution is 2.25. The third-order valence-electron chi connectivity index (χ3n) is 3.36. The van der Waals surface area contributed by atoms with Crippen molar-refractivity contribution in [3.63, 3.8) is 0 Å². The molecule has 0 spiro atoms. The molecule has 1 heterocycles. The molecular formula is C17H18O4. The van der Waals surface area contributed by atoms with Gasteiger partial charge in [-0.05, 0) is 36.4 Å². The van der Waals surface area contributed by atoms with Crippen molar-refractivity contribution in [2.24, 2.45) is 0 Å². The van der Waals surface area contributed by atoms with Crippen molar-refractivity contribution in [1.82, 2.24) is 0 Å². The molecule has 0 amide bonds. The summed E-state index contributed by atoms with van der Waals surface area (Å²) in [6.07, 6.45) is -0.168. The molecule has 0 saturated carbocycles. The predicted molar refractivity (Wildman–Crippen MR) is 78.8 cm³/mol. The van der Waals surface area contributed by atoms with E-state index in [0.717, 1.165) is 11.5 Å². The van der Waals surface area contributed by atoms with Gasteiger partial charge in [0.05, 0.1) is 12.7 Å². The minimum absolute atomic E-state index is 0.306. The molecule has 0 radical (unpaired) electrons. The second-order valence-electron chi connectivity index (χ2n) is 4.97. The summed E-state index contributed by atoms with van der Waals surface area (Å²) in [5, 5.41) is 9.85. The molecule has 21 heavy (non-hydrogen) atoms. The molecule has 2 unspecified atom stereocenters. The summed E-state index contributed by atoms with van der Waals surface area (Å²) in [6, 6.07) is 17.0. The number of ether oxygens (including phenoxy) is 3. The summed E-state index contributed by atoms with van der Waals surface area (Å²) >= 11 is 0. The lowest BCUT2D eigenvalue weighted by Gasteiger charge is -2.28. The molecular weight excluding hydrogens is 268 g/mol. The highest BCUT2D eigenvalue weighted by molar-refractivity contribution is 5.35. The van der Waals surface area contributed by atoms with Gasteiger partial charge in [0.2, 0.25) is 0 Å². The zero-order chi connectivity index (χ0) is 14.5. The van der Waals surface area contributed by atoms with Crippen LogP contribution in [0.2, 0.25) is 0 Å². The van der Waals surface area contributed by atoms with Crippen molar-refractivity contribution < 1.29 is 19.3 Å². The average molecular weight is 286 g/mol. The molecule has 1 N–H and O–H groups in total. The zero-order valence-corrected chi connectivity index (χ0v) is 11.6. The third kappa shape index (κ3) is 3.74. The second kappa shape index (κ2) is 6.61. The Morgan fingerprint density at radius 1 is 0.905 bits per heavy atom. The summed E-state index contributed by atoms with van der Waals surface area (Å²) in [6.45, 7) is 1.01. The lowest BCUT2D eigenvalue weighted by atomic mass is 10.1. The van der Waals surface area contributed by atoms with Crippen LogP contribution in [0, 0.1) is 0 Å². The molecule has 2 aromatic rings. The van der Waals surface area contributed by atoms with E-state index in [4.69, 9.17) is 14.2 Å². The third-order valence-corrected chi connectivity index (χ3v) is 3.36. The zero-order valence-electron chi connectivity index (χ0n) is 11.6. The van der Waals surface area contributed by atoms with Crippen molar-refractivity contribution in [1.29, 1.82) is 0 Å². The lowest BCUT2D eigenvalue weighted by Crippen LogP contribution is -2.40. The number of aliphatic hydroxyl groups is 1. The van der Waals surface area contributed by atoms with Gasteiger partial charge >= 0.3 is 0 Å².